The summed E-state index contributed by atoms with van der Waals surface area (Å²) in [4.78, 5) is 0. The number of hydrogen-bond acceptors (Lipinski definition) is 1. The molecule has 2 heteroatoms. The molecule has 0 fully saturated rings. The van der Waals surface area contributed by atoms with Gasteiger partial charge >= 0.3 is 0 Å². The fraction of sp³-hybridized carbons (Fsp3) is 1.00. The van der Waals surface area contributed by atoms with Gasteiger partial charge in [0, 0.05) is 6.61 Å². The quantitative estimate of drug-likeness (QED) is 0.251. The van der Waals surface area contributed by atoms with Crippen molar-refractivity contribution in [2.75, 3.05) is 6.61 Å². The van der Waals surface area contributed by atoms with Crippen molar-refractivity contribution >= 4 is 10.5 Å². The van der Waals surface area contributed by atoms with E-state index in [9.17, 15) is 0 Å². The molecule has 0 saturated heterocycles. The van der Waals surface area contributed by atoms with Gasteiger partial charge in [0.15, 0.2) is 0 Å². The van der Waals surface area contributed by atoms with E-state index in [0.29, 0.717) is 0 Å². The molecule has 3 radical (unpaired) electrons. The second-order valence-corrected chi connectivity index (χ2v) is 6.09. The van der Waals surface area contributed by atoms with Crippen molar-refractivity contribution in [1.29, 1.82) is 0 Å². The summed E-state index contributed by atoms with van der Waals surface area (Å²) >= 11 is 0. The second kappa shape index (κ2) is 18.2. The summed E-state index contributed by atoms with van der Waals surface area (Å²) in [5.74, 6) is 0. The van der Waals surface area contributed by atoms with Crippen LogP contribution in [-0.2, 0) is 4.43 Å². The average Bonchev–Trinajstić information content (AvgIpc) is 2.43. The molecule has 0 bridgehead atoms. The van der Waals surface area contributed by atoms with E-state index in [1.165, 1.54) is 96.3 Å². The molecule has 0 aromatic carbocycles. The van der Waals surface area contributed by atoms with Gasteiger partial charge in [-0.1, -0.05) is 96.8 Å². The molecule has 0 aliphatic rings. The van der Waals surface area contributed by atoms with E-state index in [1.54, 1.807) is 0 Å². The van der Waals surface area contributed by atoms with Crippen molar-refractivity contribution < 1.29 is 4.43 Å². The number of hydrogen-bond donors (Lipinski definition) is 0. The third-order valence-corrected chi connectivity index (χ3v) is 4.05. The van der Waals surface area contributed by atoms with Crippen LogP contribution in [-0.4, -0.2) is 17.1 Å². The van der Waals surface area contributed by atoms with Gasteiger partial charge in [0.05, 0.1) is 0 Å². The molecule has 0 heterocycles. The molecule has 0 aliphatic carbocycles. The summed E-state index contributed by atoms with van der Waals surface area (Å²) in [7, 11) is 3.03. The zero-order valence-electron chi connectivity index (χ0n) is 13.2. The first-order valence-corrected chi connectivity index (χ1v) is 9.11. The molecule has 0 saturated carbocycles. The van der Waals surface area contributed by atoms with Gasteiger partial charge in [-0.2, -0.15) is 0 Å². The Balaban J connectivity index is 2.88. The van der Waals surface area contributed by atoms with Gasteiger partial charge in [-0.15, -0.1) is 0 Å². The molecular weight excluding hydrogens is 248 g/mol. The smallest absolute Gasteiger partial charge is 0.246 e. The summed E-state index contributed by atoms with van der Waals surface area (Å²) in [6.45, 7) is 3.14. The Morgan fingerprint density at radius 1 is 0.526 bits per heavy atom. The Morgan fingerprint density at radius 3 is 1.16 bits per heavy atom. The van der Waals surface area contributed by atoms with E-state index in [2.05, 4.69) is 17.4 Å². The van der Waals surface area contributed by atoms with Crippen LogP contribution >= 0.6 is 0 Å². The maximum Gasteiger partial charge on any atom is 0.246 e. The van der Waals surface area contributed by atoms with Gasteiger partial charge < -0.3 is 4.43 Å². The number of rotatable bonds is 16. The lowest BCUT2D eigenvalue weighted by atomic mass is 10.0. The largest absolute Gasteiger partial charge is 0.419 e. The van der Waals surface area contributed by atoms with Gasteiger partial charge in [-0.3, -0.25) is 0 Å². The molecule has 0 aliphatic heterocycles. The minimum Gasteiger partial charge on any atom is -0.419 e. The molecule has 0 unspecified atom stereocenters. The van der Waals surface area contributed by atoms with Crippen molar-refractivity contribution in [3.8, 4) is 0 Å². The van der Waals surface area contributed by atoms with E-state index in [4.69, 9.17) is 4.43 Å². The molecular formula is C17H35OSi. The van der Waals surface area contributed by atoms with E-state index >= 15 is 0 Å². The standard InChI is InChI=1S/C17H35OSi/c1-2-3-4-5-6-7-8-9-10-11-12-13-14-15-16-17-18-19/h2-17H2,1H3. The highest BCUT2D eigenvalue weighted by Gasteiger charge is 1.94. The zero-order chi connectivity index (χ0) is 14.0. The van der Waals surface area contributed by atoms with Crippen LogP contribution < -0.4 is 0 Å². The lowest BCUT2D eigenvalue weighted by Crippen LogP contribution is -1.89. The minimum atomic E-state index is 0.856. The van der Waals surface area contributed by atoms with E-state index in [-0.39, 0.29) is 0 Å². The first-order valence-electron chi connectivity index (χ1n) is 8.70. The third kappa shape index (κ3) is 18.2. The van der Waals surface area contributed by atoms with Gasteiger partial charge in [0.25, 0.3) is 0 Å². The third-order valence-electron chi connectivity index (χ3n) is 3.85. The summed E-state index contributed by atoms with van der Waals surface area (Å²) in [5, 5.41) is 0. The Kier molecular flexibility index (Phi) is 18.3. The first-order chi connectivity index (χ1) is 9.41. The Labute approximate surface area is 125 Å². The Bertz CT molecular complexity index is 134. The van der Waals surface area contributed by atoms with Gasteiger partial charge in [-0.25, -0.2) is 0 Å². The van der Waals surface area contributed by atoms with E-state index in [1.807, 2.05) is 0 Å². The molecule has 0 rings (SSSR count). The maximum atomic E-state index is 4.86. The molecule has 0 atom stereocenters. The monoisotopic (exact) mass is 283 g/mol. The predicted octanol–water partition coefficient (Wildman–Crippen LogP) is 5.96. The SMILES string of the molecule is CCCCCCCCCCCCCCCCCO[Si]. The van der Waals surface area contributed by atoms with E-state index in [0.717, 1.165) is 6.61 Å². The van der Waals surface area contributed by atoms with Crippen LogP contribution in [0.4, 0.5) is 0 Å². The van der Waals surface area contributed by atoms with Crippen molar-refractivity contribution in [1.82, 2.24) is 0 Å². The molecule has 0 spiro atoms. The maximum absolute atomic E-state index is 4.86. The predicted molar refractivity (Wildman–Crippen MR) is 86.6 cm³/mol. The topological polar surface area (TPSA) is 9.23 Å². The minimum absolute atomic E-state index is 0.856. The fourth-order valence-corrected chi connectivity index (χ4v) is 2.69. The van der Waals surface area contributed by atoms with E-state index < -0.39 is 0 Å². The second-order valence-electron chi connectivity index (χ2n) is 5.80. The average molecular weight is 284 g/mol. The van der Waals surface area contributed by atoms with Crippen molar-refractivity contribution in [2.45, 2.75) is 103 Å². The summed E-state index contributed by atoms with van der Waals surface area (Å²) in [5.41, 5.74) is 0. The molecule has 19 heavy (non-hydrogen) atoms. The van der Waals surface area contributed by atoms with Crippen LogP contribution in [0.2, 0.25) is 0 Å². The number of unbranched alkanes of at least 4 members (excludes halogenated alkanes) is 14. The van der Waals surface area contributed by atoms with Crippen LogP contribution in [0.25, 0.3) is 0 Å². The van der Waals surface area contributed by atoms with Crippen LogP contribution in [0.5, 0.6) is 0 Å². The lowest BCUT2D eigenvalue weighted by molar-refractivity contribution is 0.332. The first kappa shape index (κ1) is 19.2. The highest BCUT2D eigenvalue weighted by molar-refractivity contribution is 5.97. The molecule has 0 N–H and O–H groups in total. The van der Waals surface area contributed by atoms with Crippen molar-refractivity contribution in [2.24, 2.45) is 0 Å². The molecule has 1 nitrogen and oxygen atoms in total. The molecule has 0 aromatic rings. The highest BCUT2D eigenvalue weighted by Crippen LogP contribution is 2.13. The van der Waals surface area contributed by atoms with Crippen LogP contribution in [0, 0.1) is 0 Å². The molecule has 113 valence electrons. The van der Waals surface area contributed by atoms with Gasteiger partial charge in [-0.05, 0) is 6.42 Å². The fourth-order valence-electron chi connectivity index (χ4n) is 2.55. The van der Waals surface area contributed by atoms with Crippen LogP contribution in [0.1, 0.15) is 103 Å². The van der Waals surface area contributed by atoms with Crippen LogP contribution in [0.15, 0.2) is 0 Å². The Hall–Kier alpha value is 0.177. The normalized spacial score (nSPS) is 11.1. The zero-order valence-corrected chi connectivity index (χ0v) is 14.2. The van der Waals surface area contributed by atoms with Gasteiger partial charge in [0.1, 0.15) is 0 Å². The Morgan fingerprint density at radius 2 is 0.842 bits per heavy atom. The molecule has 0 aromatic heterocycles. The lowest BCUT2D eigenvalue weighted by Gasteiger charge is -2.03. The van der Waals surface area contributed by atoms with Gasteiger partial charge in [0.2, 0.25) is 10.5 Å². The van der Waals surface area contributed by atoms with Crippen LogP contribution in [0.3, 0.4) is 0 Å². The van der Waals surface area contributed by atoms with Crippen molar-refractivity contribution in [3.63, 3.8) is 0 Å². The summed E-state index contributed by atoms with van der Waals surface area (Å²) in [6.07, 6.45) is 21.2. The highest BCUT2D eigenvalue weighted by atomic mass is 28.2. The summed E-state index contributed by atoms with van der Waals surface area (Å²) < 4.78 is 4.86. The van der Waals surface area contributed by atoms with Crippen molar-refractivity contribution in [3.05, 3.63) is 0 Å². The molecule has 0 amide bonds. The summed E-state index contributed by atoms with van der Waals surface area (Å²) in [6, 6.07) is 0.